The number of benzene rings is 2. The van der Waals surface area contributed by atoms with Crippen LogP contribution in [0.1, 0.15) is 41.3 Å². The molecule has 1 unspecified atom stereocenters. The first-order chi connectivity index (χ1) is 14.6. The average Bonchev–Trinajstić information content (AvgIpc) is 2.81. The van der Waals surface area contributed by atoms with Crippen molar-refractivity contribution in [2.24, 2.45) is 5.92 Å². The monoisotopic (exact) mass is 406 g/mol. The summed E-state index contributed by atoms with van der Waals surface area (Å²) in [4.78, 5) is 17.5. The van der Waals surface area contributed by atoms with E-state index >= 15 is 0 Å². The van der Waals surface area contributed by atoms with Crippen LogP contribution in [-0.2, 0) is 6.42 Å². The van der Waals surface area contributed by atoms with Crippen molar-refractivity contribution in [2.45, 2.75) is 26.2 Å². The number of nitrogens with zero attached hydrogens (tertiary/aromatic N) is 2. The molecule has 0 saturated carbocycles. The van der Waals surface area contributed by atoms with E-state index in [2.05, 4.69) is 36.6 Å². The smallest absolute Gasteiger partial charge is 0.253 e. The minimum atomic E-state index is 0.126. The molecule has 0 aromatic heterocycles. The highest BCUT2D eigenvalue weighted by molar-refractivity contribution is 5.94. The molecule has 2 aromatic rings. The van der Waals surface area contributed by atoms with Gasteiger partial charge in [0, 0.05) is 31.7 Å². The molecule has 1 amide bonds. The van der Waals surface area contributed by atoms with Crippen molar-refractivity contribution in [3.63, 3.8) is 0 Å². The summed E-state index contributed by atoms with van der Waals surface area (Å²) in [5.74, 6) is 1.57. The van der Waals surface area contributed by atoms with E-state index in [1.54, 1.807) is 13.2 Å². The van der Waals surface area contributed by atoms with Gasteiger partial charge in [0.1, 0.15) is 5.75 Å². The second kappa shape index (κ2) is 11.0. The number of methoxy groups -OCH3 is 1. The second-order valence-electron chi connectivity index (χ2n) is 8.08. The van der Waals surface area contributed by atoms with Gasteiger partial charge in [-0.15, -0.1) is 0 Å². The van der Waals surface area contributed by atoms with Crippen LogP contribution in [0.5, 0.6) is 5.75 Å². The molecule has 1 saturated heterocycles. The van der Waals surface area contributed by atoms with Gasteiger partial charge in [0.25, 0.3) is 5.91 Å². The number of rotatable bonds is 9. The molecule has 0 spiro atoms. The molecule has 2 aromatic carbocycles. The molecule has 1 aliphatic heterocycles. The Balaban J connectivity index is 1.54. The molecule has 0 aliphatic carbocycles. The van der Waals surface area contributed by atoms with Gasteiger partial charge in [0.05, 0.1) is 7.11 Å². The number of likely N-dealkylation sites (tertiary alicyclic amines) is 1. The third-order valence-corrected chi connectivity index (χ3v) is 5.99. The maximum absolute atomic E-state index is 13.0. The van der Waals surface area contributed by atoms with E-state index < -0.39 is 0 Å². The summed E-state index contributed by atoms with van der Waals surface area (Å²) in [6, 6.07) is 16.0. The number of hydrogen-bond acceptors (Lipinski definition) is 3. The molecule has 160 valence electrons. The van der Waals surface area contributed by atoms with Gasteiger partial charge in [-0.1, -0.05) is 36.9 Å². The summed E-state index contributed by atoms with van der Waals surface area (Å²) < 4.78 is 5.34. The Hall–Kier alpha value is -2.59. The van der Waals surface area contributed by atoms with Crippen molar-refractivity contribution in [3.05, 3.63) is 71.8 Å². The van der Waals surface area contributed by atoms with E-state index in [4.69, 9.17) is 4.74 Å². The zero-order valence-electron chi connectivity index (χ0n) is 18.3. The molecule has 0 bridgehead atoms. The van der Waals surface area contributed by atoms with E-state index in [0.717, 1.165) is 56.0 Å². The van der Waals surface area contributed by atoms with E-state index in [1.807, 2.05) is 35.2 Å². The van der Waals surface area contributed by atoms with Crippen molar-refractivity contribution < 1.29 is 9.53 Å². The van der Waals surface area contributed by atoms with E-state index in [-0.39, 0.29) is 5.91 Å². The van der Waals surface area contributed by atoms with Crippen molar-refractivity contribution >= 4 is 12.0 Å². The van der Waals surface area contributed by atoms with Gasteiger partial charge in [0.2, 0.25) is 0 Å². The first kappa shape index (κ1) is 22.1. The quantitative estimate of drug-likeness (QED) is 0.602. The maximum Gasteiger partial charge on any atom is 0.253 e. The van der Waals surface area contributed by atoms with E-state index in [9.17, 15) is 4.79 Å². The third kappa shape index (κ3) is 5.96. The first-order valence-electron chi connectivity index (χ1n) is 11.0. The SMILES string of the molecule is C=Cc1ccc(C(=O)N(CC)CC2CCCN(CCc3cccc(OC)c3)C2)cc1. The van der Waals surface area contributed by atoms with Gasteiger partial charge in [-0.2, -0.15) is 0 Å². The molecule has 30 heavy (non-hydrogen) atoms. The number of carbonyl (C=O) groups excluding carboxylic acids is 1. The van der Waals surface area contributed by atoms with Crippen molar-refractivity contribution in [1.82, 2.24) is 9.80 Å². The number of carbonyl (C=O) groups is 1. The minimum absolute atomic E-state index is 0.126. The predicted octanol–water partition coefficient (Wildman–Crippen LogP) is 4.76. The summed E-state index contributed by atoms with van der Waals surface area (Å²) in [7, 11) is 1.71. The topological polar surface area (TPSA) is 32.8 Å². The average molecular weight is 407 g/mol. The van der Waals surface area contributed by atoms with Gasteiger partial charge >= 0.3 is 0 Å². The molecule has 4 nitrogen and oxygen atoms in total. The second-order valence-corrected chi connectivity index (χ2v) is 8.08. The highest BCUT2D eigenvalue weighted by atomic mass is 16.5. The third-order valence-electron chi connectivity index (χ3n) is 5.99. The Morgan fingerprint density at radius 3 is 2.77 bits per heavy atom. The minimum Gasteiger partial charge on any atom is -0.497 e. The molecule has 0 radical (unpaired) electrons. The molecular formula is C26H34N2O2. The number of hydrogen-bond donors (Lipinski definition) is 0. The fourth-order valence-corrected chi connectivity index (χ4v) is 4.23. The molecule has 1 aliphatic rings. The van der Waals surface area contributed by atoms with E-state index in [1.165, 1.54) is 18.4 Å². The number of piperidine rings is 1. The zero-order chi connectivity index (χ0) is 21.3. The lowest BCUT2D eigenvalue weighted by Gasteiger charge is -2.35. The Morgan fingerprint density at radius 1 is 1.27 bits per heavy atom. The van der Waals surface area contributed by atoms with Gasteiger partial charge in [0.15, 0.2) is 0 Å². The summed E-state index contributed by atoms with van der Waals surface area (Å²) in [6.45, 7) is 10.7. The first-order valence-corrected chi connectivity index (χ1v) is 11.0. The molecule has 0 N–H and O–H groups in total. The van der Waals surface area contributed by atoms with Crippen LogP contribution < -0.4 is 4.74 Å². The molecule has 3 rings (SSSR count). The Labute approximate surface area is 181 Å². The summed E-state index contributed by atoms with van der Waals surface area (Å²) >= 11 is 0. The molecule has 1 heterocycles. The maximum atomic E-state index is 13.0. The molecule has 1 atom stereocenters. The molecular weight excluding hydrogens is 372 g/mol. The number of amides is 1. The zero-order valence-corrected chi connectivity index (χ0v) is 18.3. The Morgan fingerprint density at radius 2 is 2.07 bits per heavy atom. The van der Waals surface area contributed by atoms with Crippen LogP contribution in [0.4, 0.5) is 0 Å². The van der Waals surface area contributed by atoms with Crippen molar-refractivity contribution in [2.75, 3.05) is 39.8 Å². The van der Waals surface area contributed by atoms with Crippen molar-refractivity contribution in [3.8, 4) is 5.75 Å². The molecule has 1 fully saturated rings. The van der Waals surface area contributed by atoms with Crippen LogP contribution in [0.2, 0.25) is 0 Å². The fourth-order valence-electron chi connectivity index (χ4n) is 4.23. The highest BCUT2D eigenvalue weighted by Gasteiger charge is 2.24. The lowest BCUT2D eigenvalue weighted by atomic mass is 9.96. The number of ether oxygens (including phenoxy) is 1. The van der Waals surface area contributed by atoms with Crippen LogP contribution in [-0.4, -0.2) is 55.5 Å². The van der Waals surface area contributed by atoms with Crippen LogP contribution in [0, 0.1) is 5.92 Å². The summed E-state index contributed by atoms with van der Waals surface area (Å²) in [5.41, 5.74) is 3.10. The normalized spacial score (nSPS) is 16.8. The summed E-state index contributed by atoms with van der Waals surface area (Å²) in [6.07, 6.45) is 5.21. The van der Waals surface area contributed by atoms with Gasteiger partial charge < -0.3 is 14.5 Å². The van der Waals surface area contributed by atoms with Crippen molar-refractivity contribution in [1.29, 1.82) is 0 Å². The largest absolute Gasteiger partial charge is 0.497 e. The van der Waals surface area contributed by atoms with E-state index in [0.29, 0.717) is 5.92 Å². The fraction of sp³-hybridized carbons (Fsp3) is 0.423. The lowest BCUT2D eigenvalue weighted by Crippen LogP contribution is -2.43. The van der Waals surface area contributed by atoms with Gasteiger partial charge in [-0.25, -0.2) is 0 Å². The van der Waals surface area contributed by atoms with Crippen LogP contribution in [0.25, 0.3) is 6.08 Å². The van der Waals surface area contributed by atoms with Crippen LogP contribution >= 0.6 is 0 Å². The van der Waals surface area contributed by atoms with Crippen LogP contribution in [0.3, 0.4) is 0 Å². The summed E-state index contributed by atoms with van der Waals surface area (Å²) in [5, 5.41) is 0. The van der Waals surface area contributed by atoms with Gasteiger partial charge in [-0.05, 0) is 74.0 Å². The molecule has 4 heteroatoms. The van der Waals surface area contributed by atoms with Gasteiger partial charge in [-0.3, -0.25) is 4.79 Å². The highest BCUT2D eigenvalue weighted by Crippen LogP contribution is 2.20. The Bertz CT molecular complexity index is 831. The lowest BCUT2D eigenvalue weighted by molar-refractivity contribution is 0.0690. The van der Waals surface area contributed by atoms with Crippen LogP contribution in [0.15, 0.2) is 55.1 Å². The Kier molecular flexibility index (Phi) is 8.09. The standard InChI is InChI=1S/C26H34N2O2/c1-4-21-11-13-24(14-12-21)26(29)28(5-2)20-23-9-7-16-27(19-23)17-15-22-8-6-10-25(18-22)30-3/h4,6,8,10-14,18,23H,1,5,7,9,15-17,19-20H2,2-3H3. The predicted molar refractivity (Wildman–Crippen MR) is 124 cm³/mol.